The third-order valence-electron chi connectivity index (χ3n) is 4.25. The molecule has 24 heavy (non-hydrogen) atoms. The van der Waals surface area contributed by atoms with Crippen LogP contribution in [-0.2, 0) is 14.3 Å². The Morgan fingerprint density at radius 2 is 2.08 bits per heavy atom. The average Bonchev–Trinajstić information content (AvgIpc) is 2.51. The van der Waals surface area contributed by atoms with Gasteiger partial charge in [0.15, 0.2) is 5.96 Å². The van der Waals surface area contributed by atoms with Crippen molar-refractivity contribution in [2.75, 3.05) is 40.4 Å². The van der Waals surface area contributed by atoms with Gasteiger partial charge < -0.3 is 19.7 Å². The molecule has 0 radical (unpaired) electrons. The number of guanidine groups is 1. The number of nitrogens with one attached hydrogen (secondary N) is 1. The van der Waals surface area contributed by atoms with Crippen molar-refractivity contribution in [1.82, 2.24) is 10.2 Å². The van der Waals surface area contributed by atoms with Crippen molar-refractivity contribution in [2.24, 2.45) is 16.3 Å². The molecule has 0 aromatic heterocycles. The summed E-state index contributed by atoms with van der Waals surface area (Å²) in [4.78, 5) is 18.5. The molecule has 1 fully saturated rings. The lowest BCUT2D eigenvalue weighted by Gasteiger charge is -2.35. The van der Waals surface area contributed by atoms with Gasteiger partial charge in [-0.3, -0.25) is 9.79 Å². The van der Waals surface area contributed by atoms with Gasteiger partial charge in [0.25, 0.3) is 0 Å². The largest absolute Gasteiger partial charge is 0.466 e. The predicted octanol–water partition coefficient (Wildman–Crippen LogP) is 2.52. The summed E-state index contributed by atoms with van der Waals surface area (Å²) >= 11 is 0. The van der Waals surface area contributed by atoms with Crippen LogP contribution < -0.4 is 5.32 Å². The standard InChI is InChI=1S/C17H33N3O3.HI/c1-7-23-15(21)13-9-8-10-20(12-13)16(18-5)19-11-14(22-6)17(2,3)4;/h13-14H,7-12H2,1-6H3,(H,18,19);1H. The van der Waals surface area contributed by atoms with Gasteiger partial charge in [0, 0.05) is 33.8 Å². The van der Waals surface area contributed by atoms with Crippen LogP contribution in [-0.4, -0.2) is 63.3 Å². The van der Waals surface area contributed by atoms with Crippen molar-refractivity contribution in [3.63, 3.8) is 0 Å². The lowest BCUT2D eigenvalue weighted by Crippen LogP contribution is -2.51. The minimum absolute atomic E-state index is 0. The van der Waals surface area contributed by atoms with E-state index < -0.39 is 0 Å². The van der Waals surface area contributed by atoms with E-state index in [0.29, 0.717) is 19.7 Å². The second-order valence-electron chi connectivity index (χ2n) is 7.06. The summed E-state index contributed by atoms with van der Waals surface area (Å²) in [5.41, 5.74) is 0.0516. The van der Waals surface area contributed by atoms with Gasteiger partial charge in [-0.15, -0.1) is 24.0 Å². The zero-order valence-electron chi connectivity index (χ0n) is 15.9. The number of carbonyl (C=O) groups is 1. The highest BCUT2D eigenvalue weighted by Crippen LogP contribution is 2.21. The van der Waals surface area contributed by atoms with Crippen molar-refractivity contribution in [3.8, 4) is 0 Å². The molecule has 0 saturated carbocycles. The van der Waals surface area contributed by atoms with E-state index in [0.717, 1.165) is 25.3 Å². The summed E-state index contributed by atoms with van der Waals surface area (Å²) in [5.74, 6) is 0.658. The maximum atomic E-state index is 12.0. The summed E-state index contributed by atoms with van der Waals surface area (Å²) in [6.45, 7) is 11.0. The Morgan fingerprint density at radius 3 is 2.58 bits per heavy atom. The lowest BCUT2D eigenvalue weighted by molar-refractivity contribution is -0.149. The van der Waals surface area contributed by atoms with E-state index in [-0.39, 0.29) is 47.4 Å². The van der Waals surface area contributed by atoms with Gasteiger partial charge in [-0.05, 0) is 25.2 Å². The molecule has 1 aliphatic heterocycles. The highest BCUT2D eigenvalue weighted by atomic mass is 127. The number of carbonyl (C=O) groups excluding carboxylic acids is 1. The molecule has 0 aliphatic carbocycles. The SMILES string of the molecule is CCOC(=O)C1CCCN(C(=NC)NCC(OC)C(C)(C)C)C1.I. The second kappa shape index (κ2) is 11.1. The molecule has 1 heterocycles. The van der Waals surface area contributed by atoms with Gasteiger partial charge in [-0.2, -0.15) is 0 Å². The van der Waals surface area contributed by atoms with E-state index in [1.165, 1.54) is 0 Å². The normalized spacial score (nSPS) is 20.2. The van der Waals surface area contributed by atoms with Crippen LogP contribution in [0.4, 0.5) is 0 Å². The molecule has 0 aromatic rings. The Hall–Kier alpha value is -0.570. The van der Waals surface area contributed by atoms with Gasteiger partial charge in [-0.25, -0.2) is 0 Å². The molecule has 1 saturated heterocycles. The zero-order chi connectivity index (χ0) is 17.5. The molecule has 142 valence electrons. The molecule has 6 nitrogen and oxygen atoms in total. The Morgan fingerprint density at radius 1 is 1.42 bits per heavy atom. The molecule has 1 aliphatic rings. The van der Waals surface area contributed by atoms with Gasteiger partial charge >= 0.3 is 5.97 Å². The zero-order valence-corrected chi connectivity index (χ0v) is 18.3. The van der Waals surface area contributed by atoms with E-state index in [1.54, 1.807) is 14.2 Å². The third-order valence-corrected chi connectivity index (χ3v) is 4.25. The fourth-order valence-corrected chi connectivity index (χ4v) is 2.88. The Kier molecular flexibility index (Phi) is 10.9. The number of hydrogen-bond donors (Lipinski definition) is 1. The first kappa shape index (κ1) is 23.4. The Labute approximate surface area is 163 Å². The number of rotatable bonds is 5. The number of halogens is 1. The Balaban J connectivity index is 0.00000529. The molecular formula is C17H34IN3O3. The first-order chi connectivity index (χ1) is 10.8. The van der Waals surface area contributed by atoms with Crippen LogP contribution in [0.5, 0.6) is 0 Å². The number of aliphatic imine (C=N–C) groups is 1. The van der Waals surface area contributed by atoms with Crippen LogP contribution >= 0.6 is 24.0 Å². The van der Waals surface area contributed by atoms with Crippen LogP contribution in [0.3, 0.4) is 0 Å². The summed E-state index contributed by atoms with van der Waals surface area (Å²) in [7, 11) is 3.51. The fraction of sp³-hybridized carbons (Fsp3) is 0.882. The van der Waals surface area contributed by atoms with E-state index >= 15 is 0 Å². The molecule has 0 aromatic carbocycles. The summed E-state index contributed by atoms with van der Waals surface area (Å²) < 4.78 is 10.7. The first-order valence-corrected chi connectivity index (χ1v) is 8.48. The number of methoxy groups -OCH3 is 1. The quantitative estimate of drug-likeness (QED) is 0.299. The minimum atomic E-state index is -0.0999. The number of piperidine rings is 1. The number of hydrogen-bond acceptors (Lipinski definition) is 4. The van der Waals surface area contributed by atoms with Gasteiger partial charge in [-0.1, -0.05) is 20.8 Å². The summed E-state index contributed by atoms with van der Waals surface area (Å²) in [6, 6.07) is 0. The van der Waals surface area contributed by atoms with Crippen molar-refractivity contribution < 1.29 is 14.3 Å². The second-order valence-corrected chi connectivity index (χ2v) is 7.06. The van der Waals surface area contributed by atoms with E-state index in [1.807, 2.05) is 6.92 Å². The molecule has 2 unspecified atom stereocenters. The number of esters is 1. The molecule has 0 amide bonds. The highest BCUT2D eigenvalue weighted by Gasteiger charge is 2.29. The summed E-state index contributed by atoms with van der Waals surface area (Å²) in [5, 5.41) is 3.39. The minimum Gasteiger partial charge on any atom is -0.466 e. The van der Waals surface area contributed by atoms with Gasteiger partial charge in [0.05, 0.1) is 18.6 Å². The van der Waals surface area contributed by atoms with Crippen LogP contribution in [0.1, 0.15) is 40.5 Å². The highest BCUT2D eigenvalue weighted by molar-refractivity contribution is 14.0. The number of ether oxygens (including phenoxy) is 2. The van der Waals surface area contributed by atoms with E-state index in [4.69, 9.17) is 9.47 Å². The number of likely N-dealkylation sites (tertiary alicyclic amines) is 1. The van der Waals surface area contributed by atoms with E-state index in [9.17, 15) is 4.79 Å². The topological polar surface area (TPSA) is 63.2 Å². The molecule has 2 atom stereocenters. The predicted molar refractivity (Wildman–Crippen MR) is 108 cm³/mol. The van der Waals surface area contributed by atoms with Crippen LogP contribution in [0.25, 0.3) is 0 Å². The first-order valence-electron chi connectivity index (χ1n) is 8.48. The van der Waals surface area contributed by atoms with Gasteiger partial charge in [0.2, 0.25) is 0 Å². The van der Waals surface area contributed by atoms with Crippen molar-refractivity contribution in [2.45, 2.75) is 46.6 Å². The molecule has 0 bridgehead atoms. The van der Waals surface area contributed by atoms with Crippen molar-refractivity contribution >= 4 is 35.9 Å². The summed E-state index contributed by atoms with van der Waals surface area (Å²) in [6.07, 6.45) is 1.94. The van der Waals surface area contributed by atoms with Gasteiger partial charge in [0.1, 0.15) is 0 Å². The number of nitrogens with zero attached hydrogens (tertiary/aromatic N) is 2. The smallest absolute Gasteiger partial charge is 0.310 e. The molecule has 1 rings (SSSR count). The molecular weight excluding hydrogens is 421 g/mol. The lowest BCUT2D eigenvalue weighted by atomic mass is 9.89. The van der Waals surface area contributed by atoms with Crippen molar-refractivity contribution in [1.29, 1.82) is 0 Å². The van der Waals surface area contributed by atoms with Crippen LogP contribution in [0.15, 0.2) is 4.99 Å². The molecule has 7 heteroatoms. The maximum absolute atomic E-state index is 12.0. The van der Waals surface area contributed by atoms with Crippen LogP contribution in [0, 0.1) is 11.3 Å². The average molecular weight is 455 g/mol. The molecule has 1 N–H and O–H groups in total. The Bertz CT molecular complexity index is 410. The van der Waals surface area contributed by atoms with Crippen LogP contribution in [0.2, 0.25) is 0 Å². The monoisotopic (exact) mass is 455 g/mol. The van der Waals surface area contributed by atoms with E-state index in [2.05, 4.69) is 36.0 Å². The maximum Gasteiger partial charge on any atom is 0.310 e. The van der Waals surface area contributed by atoms with Crippen molar-refractivity contribution in [3.05, 3.63) is 0 Å². The molecule has 0 spiro atoms. The fourth-order valence-electron chi connectivity index (χ4n) is 2.88. The third kappa shape index (κ3) is 7.13.